The fourth-order valence-corrected chi connectivity index (χ4v) is 9.46. The van der Waals surface area contributed by atoms with Crippen molar-refractivity contribution in [2.45, 2.75) is 65.0 Å². The third-order valence-corrected chi connectivity index (χ3v) is 17.5. The minimum absolute atomic E-state index is 0. The first-order valence-electron chi connectivity index (χ1n) is 33.2. The summed E-state index contributed by atoms with van der Waals surface area (Å²) in [5, 5.41) is 36.0. The predicted molar refractivity (Wildman–Crippen MR) is 446 cm³/mol. The van der Waals surface area contributed by atoms with Crippen molar-refractivity contribution in [3.05, 3.63) is 263 Å². The average Bonchev–Trinajstić information content (AvgIpc) is 1.79. The molecule has 2 aromatic carbocycles. The van der Waals surface area contributed by atoms with Crippen molar-refractivity contribution < 1.29 is 134 Å². The van der Waals surface area contributed by atoms with Gasteiger partial charge in [-0.05, 0) is 114 Å². The summed E-state index contributed by atoms with van der Waals surface area (Å²) in [5.74, 6) is 5.15. The van der Waals surface area contributed by atoms with Crippen LogP contribution < -0.4 is 75.6 Å². The SMILES string of the molecule is C#C[Si](C)(C)C.C#Cc1ccc(Cl)cn1.CCOC(=O)/C(Cl)=N/O.CCOC(=O)c1cc(-c2ccc(Cl)cn2)on1.C[Si](C)(C)C#Cc1ccc(Cl)cn1.Clc1ccc(Br)nc1.O=C(O)c1cc(-c2ccc(Cl)cn2)on1.O=C(c1cc(-c2ccc(Cl)cn2)on1)N1CC(c2ccccc2)C1.[K+].[Li+].[OH-].[OH-].c1ccc(C2CNC2)cc1. The number of carbonyl (C=O) groups excluding carboxylic acids is 3. The Morgan fingerprint density at radius 3 is 1.27 bits per heavy atom. The van der Waals surface area contributed by atoms with E-state index in [1.807, 2.05) is 30.3 Å². The molecule has 0 spiro atoms. The van der Waals surface area contributed by atoms with Crippen LogP contribution in [0.15, 0.2) is 212 Å². The van der Waals surface area contributed by atoms with Crippen molar-refractivity contribution in [2.75, 3.05) is 39.4 Å². The molecular weight excluding hydrogens is 1740 g/mol. The second kappa shape index (κ2) is 55.6. The summed E-state index contributed by atoms with van der Waals surface area (Å²) < 4.78 is 25.0. The number of nitrogens with one attached hydrogen (secondary N) is 1. The van der Waals surface area contributed by atoms with Crippen LogP contribution in [0.4, 0.5) is 0 Å². The van der Waals surface area contributed by atoms with Gasteiger partial charge in [0.15, 0.2) is 34.4 Å². The Hall–Kier alpha value is -7.94. The van der Waals surface area contributed by atoms with Crippen LogP contribution >= 0.6 is 97.1 Å². The summed E-state index contributed by atoms with van der Waals surface area (Å²) in [6.07, 6.45) is 19.4. The summed E-state index contributed by atoms with van der Waals surface area (Å²) in [4.78, 5) is 70.4. The Bertz CT molecular complexity index is 4880. The van der Waals surface area contributed by atoms with Gasteiger partial charge in [0, 0.05) is 93.4 Å². The molecule has 25 nitrogen and oxygen atoms in total. The van der Waals surface area contributed by atoms with Gasteiger partial charge in [0.05, 0.1) is 43.3 Å². The number of terminal acetylenes is 2. The number of likely N-dealkylation sites (tertiary alicyclic amines) is 1. The molecule has 0 radical (unpaired) electrons. The van der Waals surface area contributed by atoms with Crippen molar-refractivity contribution in [1.29, 1.82) is 0 Å². The molecule has 13 rings (SSSR count). The van der Waals surface area contributed by atoms with Gasteiger partial charge in [-0.25, -0.2) is 29.3 Å². The standard InChI is InChI=1S/C18H14ClN3O2.C11H9ClN2O3.C10H12ClNSi.C9H5ClN2O3.C9H11N.C7H4ClN.C5H3BrClN.C5H10Si.C4H6ClNO3.K.Li.2H2O/c19-14-6-7-15(20-9-14)17-8-16(21-24-17)18(23)22-10-13(11-22)12-4-2-1-3-5-12;1-2-16-11(15)9-5-10(17-14-9)8-4-3-7(12)6-13-8;1-13(2,3)7-6-10-5-4-9(11)8-12-10;10-5-1-2-6(11-4-5)8-3-7(9(13)14)12-15-8;1-2-4-8(5-3-1)9-6-10-7-9;1-2-7-4-3-6(8)5-9-7;6-5-2-1-4(7)3-8-5;1-5-6(2,3)4;1-2-9-4(7)3(5)6-8;;;;/h1-9,13H,10-11H2;3-6H,2H2,1H3;4-5,8H,1-3H3;1-4H,(H,13,14);1-5,9-10H,6-7H2;1,3-5H;1-3H;1H,2-4H3;8H,2H2,1H3;;;2*1H2/q;;;;;;;;;2*+1;;/p-2/b;;;;;;;;6-3-;;;;. The zero-order chi connectivity index (χ0) is 81.5. The fourth-order valence-electron chi connectivity index (χ4n) is 8.00. The predicted octanol–water partition coefficient (Wildman–Crippen LogP) is 12.6. The number of ether oxygens (including phenoxy) is 2. The maximum Gasteiger partial charge on any atom is 1.00 e. The van der Waals surface area contributed by atoms with Crippen molar-refractivity contribution in [3.8, 4) is 70.1 Å². The fraction of sp³-hybridized carbons (Fsp3) is 0.205. The van der Waals surface area contributed by atoms with Gasteiger partial charge < -0.3 is 54.5 Å². The molecule has 9 aromatic heterocycles. The average molecular weight is 1820 g/mol. The quantitative estimate of drug-likeness (QED) is 0.0206. The summed E-state index contributed by atoms with van der Waals surface area (Å²) in [6.45, 7) is 20.6. The third kappa shape index (κ3) is 40.7. The van der Waals surface area contributed by atoms with E-state index in [4.69, 9.17) is 123 Å². The molecule has 5 N–H and O–H groups in total. The molecule has 592 valence electrons. The molecule has 11 heterocycles. The Balaban J connectivity index is 0.000000663. The van der Waals surface area contributed by atoms with E-state index < -0.39 is 39.2 Å². The van der Waals surface area contributed by atoms with Gasteiger partial charge in [-0.15, -0.1) is 23.9 Å². The largest absolute Gasteiger partial charge is 1.00 e. The van der Waals surface area contributed by atoms with Gasteiger partial charge in [-0.1, -0.05) is 214 Å². The smallest absolute Gasteiger partial charge is 0.870 e. The first-order chi connectivity index (χ1) is 52.9. The molecule has 0 bridgehead atoms. The molecule has 0 atom stereocenters. The minimum Gasteiger partial charge on any atom is -0.870 e. The number of benzene rings is 2. The molecule has 2 saturated heterocycles. The molecule has 2 aliphatic heterocycles. The molecule has 37 heteroatoms. The van der Waals surface area contributed by atoms with Crippen LogP contribution in [0, 0.1) is 35.8 Å². The number of oxime groups is 1. The zero-order valence-electron chi connectivity index (χ0n) is 63.9. The van der Waals surface area contributed by atoms with E-state index >= 15 is 0 Å². The first-order valence-corrected chi connectivity index (χ1v) is 43.6. The molecule has 2 fully saturated rings. The van der Waals surface area contributed by atoms with Crippen LogP contribution in [0.3, 0.4) is 0 Å². The van der Waals surface area contributed by atoms with Gasteiger partial charge in [0.2, 0.25) is 0 Å². The van der Waals surface area contributed by atoms with Crippen LogP contribution in [0.25, 0.3) is 34.4 Å². The molecule has 0 unspecified atom stereocenters. The van der Waals surface area contributed by atoms with E-state index in [9.17, 15) is 19.2 Å². The van der Waals surface area contributed by atoms with E-state index in [1.54, 1.807) is 97.9 Å². The zero-order valence-corrected chi connectivity index (χ0v) is 75.9. The molecule has 0 saturated carbocycles. The van der Waals surface area contributed by atoms with Gasteiger partial charge in [-0.2, -0.15) is 0 Å². The number of amides is 1. The van der Waals surface area contributed by atoms with Gasteiger partial charge in [0.1, 0.15) is 49.2 Å². The number of aromatic carboxylic acids is 1. The monoisotopic (exact) mass is 1810 g/mol. The van der Waals surface area contributed by atoms with Crippen LogP contribution in [-0.4, -0.2) is 156 Å². The van der Waals surface area contributed by atoms with E-state index in [-0.39, 0.29) is 105 Å². The Morgan fingerprint density at radius 2 is 0.939 bits per heavy atom. The molecule has 115 heavy (non-hydrogen) atoms. The molecule has 1 amide bonds. The normalized spacial score (nSPS) is 11.4. The number of carbonyl (C=O) groups is 4. The number of carboxylic acids is 1. The third-order valence-electron chi connectivity index (χ3n) is 13.7. The maximum atomic E-state index is 12.5. The van der Waals surface area contributed by atoms with Crippen molar-refractivity contribution in [1.82, 2.24) is 55.6 Å². The Labute approximate surface area is 766 Å². The number of aromatic nitrogens is 9. The Morgan fingerprint density at radius 1 is 0.557 bits per heavy atom. The van der Waals surface area contributed by atoms with Gasteiger partial charge in [-0.3, -0.25) is 19.7 Å². The van der Waals surface area contributed by atoms with Crippen LogP contribution in [0.5, 0.6) is 0 Å². The topological polar surface area (TPSA) is 370 Å². The second-order valence-electron chi connectivity index (χ2n) is 24.6. The minimum atomic E-state index is -1.29. The number of nitrogens with zero attached hydrogens (tertiary/aromatic N) is 11. The van der Waals surface area contributed by atoms with E-state index in [2.05, 4.69) is 181 Å². The summed E-state index contributed by atoms with van der Waals surface area (Å²) in [5.41, 5.74) is 12.0. The number of halogens is 8. The van der Waals surface area contributed by atoms with Gasteiger partial charge >= 0.3 is 88.2 Å². The number of esters is 2. The van der Waals surface area contributed by atoms with Crippen molar-refractivity contribution in [3.63, 3.8) is 0 Å². The van der Waals surface area contributed by atoms with E-state index in [1.165, 1.54) is 48.0 Å². The summed E-state index contributed by atoms with van der Waals surface area (Å²) in [6, 6.07) is 46.0. The number of carboxylic acid groups (broad SMARTS) is 1. The number of pyridine rings is 6. The van der Waals surface area contributed by atoms with Crippen molar-refractivity contribution in [2.24, 2.45) is 5.16 Å². The summed E-state index contributed by atoms with van der Waals surface area (Å²) in [7, 11) is -2.39. The number of rotatable bonds is 11. The first kappa shape index (κ1) is 105. The summed E-state index contributed by atoms with van der Waals surface area (Å²) >= 11 is 42.1. The van der Waals surface area contributed by atoms with Gasteiger partial charge in [0.25, 0.3) is 11.1 Å². The van der Waals surface area contributed by atoms with Crippen molar-refractivity contribution >= 4 is 142 Å². The number of hydrogen-bond acceptors (Lipinski definition) is 23. The number of hydrogen-bond donors (Lipinski definition) is 3. The van der Waals surface area contributed by atoms with E-state index in [0.717, 1.165) is 29.3 Å². The van der Waals surface area contributed by atoms with Crippen LogP contribution in [-0.2, 0) is 14.3 Å². The van der Waals surface area contributed by atoms with E-state index in [0.29, 0.717) is 102 Å². The van der Waals surface area contributed by atoms with Crippen LogP contribution in [0.1, 0.15) is 79.7 Å². The van der Waals surface area contributed by atoms with Crippen LogP contribution in [0.2, 0.25) is 69.4 Å². The molecule has 0 aliphatic carbocycles. The Kier molecular flexibility index (Phi) is 50.8. The molecular formula is C78H76BrCl7KLiN12O13Si2. The molecule has 11 aromatic rings. The molecule has 2 aliphatic rings. The second-order valence-corrected chi connectivity index (χ2v) is 37.9. The maximum absolute atomic E-state index is 12.5.